The average molecular weight is 315 g/mol. The fourth-order valence-corrected chi connectivity index (χ4v) is 2.29. The molecule has 1 fully saturated rings. The maximum Gasteiger partial charge on any atom is 0.494 e. The fraction of sp³-hybridized carbons (Fsp3) is 0.375. The van der Waals surface area contributed by atoms with Crippen LogP contribution in [0.15, 0.2) is 30.8 Å². The zero-order valence-corrected chi connectivity index (χ0v) is 13.7. The molecular formula is C16H19BFN3O2. The van der Waals surface area contributed by atoms with Crippen LogP contribution in [0.25, 0.3) is 17.2 Å². The van der Waals surface area contributed by atoms with Crippen LogP contribution >= 0.6 is 0 Å². The van der Waals surface area contributed by atoms with Crippen LogP contribution in [0.2, 0.25) is 0 Å². The number of rotatable bonds is 3. The topological polar surface area (TPSA) is 60.0 Å². The summed E-state index contributed by atoms with van der Waals surface area (Å²) in [6.07, 6.45) is 0. The Hall–Kier alpha value is -1.99. The third kappa shape index (κ3) is 2.82. The minimum atomic E-state index is -0.665. The predicted molar refractivity (Wildman–Crippen MR) is 87.7 cm³/mol. The summed E-state index contributed by atoms with van der Waals surface area (Å²) in [6, 6.07) is 7.55. The van der Waals surface area contributed by atoms with Gasteiger partial charge in [-0.2, -0.15) is 5.10 Å². The van der Waals surface area contributed by atoms with Gasteiger partial charge >= 0.3 is 7.12 Å². The second-order valence-electron chi connectivity index (χ2n) is 6.62. The molecule has 5 nitrogen and oxygen atoms in total. The van der Waals surface area contributed by atoms with E-state index in [0.29, 0.717) is 5.82 Å². The number of nitrogens with one attached hydrogen (secondary N) is 1. The number of aromatic amines is 1. The molecule has 2 aromatic rings. The Balaban J connectivity index is 1.81. The van der Waals surface area contributed by atoms with Crippen LogP contribution in [0.4, 0.5) is 4.39 Å². The minimum Gasteiger partial charge on any atom is -0.399 e. The summed E-state index contributed by atoms with van der Waals surface area (Å²) in [4.78, 5) is 4.05. The standard InChI is InChI=1S/C16H19BFN3O2/c1-10(18)13-19-14(21-20-13)11-6-8-12(9-7-11)17-22-15(2,3)16(4,5)23-17/h6-9H,1H2,2-5H3,(H,19,20,21). The Labute approximate surface area is 135 Å². The highest BCUT2D eigenvalue weighted by Crippen LogP contribution is 2.36. The first-order valence-electron chi connectivity index (χ1n) is 7.43. The first-order valence-corrected chi connectivity index (χ1v) is 7.43. The predicted octanol–water partition coefficient (Wildman–Crippen LogP) is 2.71. The molecule has 1 N–H and O–H groups in total. The molecule has 23 heavy (non-hydrogen) atoms. The van der Waals surface area contributed by atoms with Crippen LogP contribution < -0.4 is 5.46 Å². The Morgan fingerprint density at radius 1 is 1.13 bits per heavy atom. The third-order valence-corrected chi connectivity index (χ3v) is 4.44. The summed E-state index contributed by atoms with van der Waals surface area (Å²) in [7, 11) is -0.412. The van der Waals surface area contributed by atoms with Gasteiger partial charge < -0.3 is 9.31 Å². The molecule has 0 bridgehead atoms. The van der Waals surface area contributed by atoms with Crippen molar-refractivity contribution in [3.63, 3.8) is 0 Å². The molecule has 0 saturated carbocycles. The number of benzene rings is 1. The van der Waals surface area contributed by atoms with Crippen molar-refractivity contribution in [2.24, 2.45) is 0 Å². The smallest absolute Gasteiger partial charge is 0.399 e. The van der Waals surface area contributed by atoms with E-state index in [2.05, 4.69) is 21.8 Å². The lowest BCUT2D eigenvalue weighted by Gasteiger charge is -2.32. The maximum absolute atomic E-state index is 13.0. The van der Waals surface area contributed by atoms with Crippen LogP contribution in [0.1, 0.15) is 33.5 Å². The van der Waals surface area contributed by atoms with E-state index >= 15 is 0 Å². The fourth-order valence-electron chi connectivity index (χ4n) is 2.29. The van der Waals surface area contributed by atoms with Gasteiger partial charge in [-0.05, 0) is 33.2 Å². The summed E-state index contributed by atoms with van der Waals surface area (Å²) in [5.41, 5.74) is 0.960. The third-order valence-electron chi connectivity index (χ3n) is 4.44. The molecule has 0 unspecified atom stereocenters. The molecule has 1 saturated heterocycles. The van der Waals surface area contributed by atoms with Gasteiger partial charge in [0.25, 0.3) is 0 Å². The van der Waals surface area contributed by atoms with Crippen molar-refractivity contribution in [2.75, 3.05) is 0 Å². The van der Waals surface area contributed by atoms with Crippen LogP contribution in [-0.4, -0.2) is 33.5 Å². The van der Waals surface area contributed by atoms with Gasteiger partial charge in [-0.3, -0.25) is 5.10 Å². The van der Waals surface area contributed by atoms with E-state index in [9.17, 15) is 4.39 Å². The highest BCUT2D eigenvalue weighted by Gasteiger charge is 2.51. The number of nitrogens with zero attached hydrogens (tertiary/aromatic N) is 2. The van der Waals surface area contributed by atoms with E-state index in [1.807, 2.05) is 52.0 Å². The van der Waals surface area contributed by atoms with Gasteiger partial charge in [-0.1, -0.05) is 30.8 Å². The quantitative estimate of drug-likeness (QED) is 0.885. The molecule has 120 valence electrons. The van der Waals surface area contributed by atoms with Gasteiger partial charge in [0.15, 0.2) is 11.7 Å². The number of hydrogen-bond acceptors (Lipinski definition) is 4. The molecule has 1 aromatic carbocycles. The maximum atomic E-state index is 13.0. The van der Waals surface area contributed by atoms with E-state index in [1.54, 1.807) is 0 Å². The molecule has 0 amide bonds. The van der Waals surface area contributed by atoms with Crippen molar-refractivity contribution in [3.8, 4) is 11.4 Å². The van der Waals surface area contributed by atoms with Crippen molar-refractivity contribution < 1.29 is 13.7 Å². The van der Waals surface area contributed by atoms with E-state index in [4.69, 9.17) is 9.31 Å². The van der Waals surface area contributed by atoms with Crippen molar-refractivity contribution in [3.05, 3.63) is 36.7 Å². The van der Waals surface area contributed by atoms with E-state index in [1.165, 1.54) is 0 Å². The normalized spacial score (nSPS) is 19.1. The zero-order valence-electron chi connectivity index (χ0n) is 13.7. The first-order chi connectivity index (χ1) is 10.7. The van der Waals surface area contributed by atoms with Crippen LogP contribution in [-0.2, 0) is 9.31 Å². The average Bonchev–Trinajstić information content (AvgIpc) is 3.03. The van der Waals surface area contributed by atoms with E-state index in [-0.39, 0.29) is 17.0 Å². The highest BCUT2D eigenvalue weighted by molar-refractivity contribution is 6.62. The monoisotopic (exact) mass is 315 g/mol. The molecule has 0 aliphatic carbocycles. The summed E-state index contributed by atoms with van der Waals surface area (Å²) in [6.45, 7) is 11.2. The van der Waals surface area contributed by atoms with Crippen molar-refractivity contribution in [1.82, 2.24) is 15.2 Å². The van der Waals surface area contributed by atoms with Gasteiger partial charge in [0, 0.05) is 5.56 Å². The first kappa shape index (κ1) is 15.9. The lowest BCUT2D eigenvalue weighted by atomic mass is 9.79. The molecule has 7 heteroatoms. The number of H-pyrrole nitrogens is 1. The summed E-state index contributed by atoms with van der Waals surface area (Å²) in [5, 5.41) is 6.46. The van der Waals surface area contributed by atoms with Crippen LogP contribution in [0, 0.1) is 0 Å². The van der Waals surface area contributed by atoms with E-state index in [0.717, 1.165) is 11.0 Å². The molecule has 0 spiro atoms. The van der Waals surface area contributed by atoms with Gasteiger partial charge in [0.2, 0.25) is 5.82 Å². The summed E-state index contributed by atoms with van der Waals surface area (Å²) >= 11 is 0. The molecule has 1 aromatic heterocycles. The van der Waals surface area contributed by atoms with Gasteiger partial charge in [0.1, 0.15) is 0 Å². The Morgan fingerprint density at radius 3 is 2.17 bits per heavy atom. The number of halogens is 1. The lowest BCUT2D eigenvalue weighted by Crippen LogP contribution is -2.41. The molecule has 1 aliphatic heterocycles. The Bertz CT molecular complexity index is 724. The summed E-state index contributed by atoms with van der Waals surface area (Å²) in [5.74, 6) is -0.212. The van der Waals surface area contributed by atoms with Crippen molar-refractivity contribution in [2.45, 2.75) is 38.9 Å². The van der Waals surface area contributed by atoms with Gasteiger partial charge in [-0.25, -0.2) is 9.37 Å². The number of aromatic nitrogens is 3. The highest BCUT2D eigenvalue weighted by atomic mass is 19.1. The lowest BCUT2D eigenvalue weighted by molar-refractivity contribution is 0.00578. The second kappa shape index (κ2) is 5.28. The zero-order chi connectivity index (χ0) is 16.8. The van der Waals surface area contributed by atoms with E-state index < -0.39 is 12.9 Å². The number of hydrogen-bond donors (Lipinski definition) is 1. The summed E-state index contributed by atoms with van der Waals surface area (Å²) < 4.78 is 25.0. The molecule has 2 heterocycles. The molecular weight excluding hydrogens is 296 g/mol. The molecule has 1 aliphatic rings. The van der Waals surface area contributed by atoms with Gasteiger partial charge in [-0.15, -0.1) is 0 Å². The van der Waals surface area contributed by atoms with Crippen molar-refractivity contribution in [1.29, 1.82) is 0 Å². The van der Waals surface area contributed by atoms with Crippen LogP contribution in [0.5, 0.6) is 0 Å². The molecule has 0 atom stereocenters. The van der Waals surface area contributed by atoms with Gasteiger partial charge in [0.05, 0.1) is 11.2 Å². The van der Waals surface area contributed by atoms with Crippen molar-refractivity contribution >= 4 is 18.4 Å². The second-order valence-corrected chi connectivity index (χ2v) is 6.62. The molecule has 0 radical (unpaired) electrons. The minimum absolute atomic E-state index is 0.0324. The SMILES string of the molecule is C=C(F)c1n[nH]c(-c2ccc(B3OC(C)(C)C(C)(C)O3)cc2)n1. The largest absolute Gasteiger partial charge is 0.494 e. The Morgan fingerprint density at radius 2 is 1.70 bits per heavy atom. The van der Waals surface area contributed by atoms with Crippen LogP contribution in [0.3, 0.4) is 0 Å². The Kier molecular flexibility index (Phi) is 3.65. The molecule has 3 rings (SSSR count).